The number of rotatable bonds is 6. The fourth-order valence-corrected chi connectivity index (χ4v) is 5.96. The van der Waals surface area contributed by atoms with Gasteiger partial charge in [0.25, 0.3) is 0 Å². The van der Waals surface area contributed by atoms with Gasteiger partial charge in [-0.1, -0.05) is 0 Å². The average molecular weight is 425 g/mol. The minimum atomic E-state index is -3.29. The fraction of sp³-hybridized carbons (Fsp3) is 0.550. The van der Waals surface area contributed by atoms with Gasteiger partial charge in [0.2, 0.25) is 5.88 Å². The third kappa shape index (κ3) is 3.67. The Bertz CT molecular complexity index is 1030. The molecule has 2 aromatic rings. The summed E-state index contributed by atoms with van der Waals surface area (Å²) in [7, 11) is 2.84. The Morgan fingerprint density at radius 2 is 1.83 bits per heavy atom. The molecule has 0 aromatic carbocycles. The molecule has 156 valence electrons. The van der Waals surface area contributed by atoms with E-state index in [0.717, 1.165) is 44.1 Å². The van der Waals surface area contributed by atoms with Crippen molar-refractivity contribution in [2.45, 2.75) is 73.9 Å². The van der Waals surface area contributed by atoms with Gasteiger partial charge in [0.05, 0.1) is 22.7 Å². The van der Waals surface area contributed by atoms with Gasteiger partial charge < -0.3 is 14.9 Å². The Hall–Kier alpha value is -2.20. The van der Waals surface area contributed by atoms with Crippen molar-refractivity contribution in [2.75, 3.05) is 5.32 Å². The minimum absolute atomic E-state index is 0.0948. The first-order valence-electron chi connectivity index (χ1n) is 10.4. The van der Waals surface area contributed by atoms with E-state index in [1.807, 2.05) is 11.7 Å². The third-order valence-corrected chi connectivity index (χ3v) is 8.49. The Morgan fingerprint density at radius 3 is 2.47 bits per heavy atom. The van der Waals surface area contributed by atoms with Gasteiger partial charge in [-0.2, -0.15) is 0 Å². The van der Waals surface area contributed by atoms with Crippen molar-refractivity contribution in [1.82, 2.24) is 19.8 Å². The number of hydrogen-bond acceptors (Lipinski definition) is 8. The van der Waals surface area contributed by atoms with E-state index in [1.54, 1.807) is 12.1 Å². The average Bonchev–Trinajstić information content (AvgIpc) is 3.55. The van der Waals surface area contributed by atoms with Crippen molar-refractivity contribution in [3.05, 3.63) is 30.2 Å². The van der Waals surface area contributed by atoms with Gasteiger partial charge in [0.1, 0.15) is 18.2 Å². The van der Waals surface area contributed by atoms with Crippen LogP contribution in [0.4, 0.5) is 11.5 Å². The zero-order chi connectivity index (χ0) is 20.9. The topological polar surface area (TPSA) is 97.3 Å². The number of fused-ring (bicyclic) bond motifs is 2. The molecule has 4 heterocycles. The van der Waals surface area contributed by atoms with Gasteiger partial charge in [-0.15, -0.1) is 0 Å². The van der Waals surface area contributed by atoms with Crippen molar-refractivity contribution in [3.63, 3.8) is 0 Å². The van der Waals surface area contributed by atoms with Crippen molar-refractivity contribution in [1.29, 1.82) is 0 Å². The molecular weight excluding hydrogens is 401 g/mol. The van der Waals surface area contributed by atoms with E-state index in [-0.39, 0.29) is 16.4 Å². The standard InChI is InChI=1S/C20H24BN5O3S/c1-12-19(25-13-2-7-18(22-10-13)30(27,28)17-5-6-17)23-11-24-20(12)29-16-8-14-3-4-15(9-16)26(14)21/h2,7,10-11,14-17H,3-6,8-9H2,1H3,(H,23,24,25)/t14-,15?,16?/m0/s1. The molecule has 10 heteroatoms. The molecule has 3 fully saturated rings. The van der Waals surface area contributed by atoms with Crippen LogP contribution in [0.2, 0.25) is 0 Å². The lowest BCUT2D eigenvalue weighted by Crippen LogP contribution is -2.44. The highest BCUT2D eigenvalue weighted by Crippen LogP contribution is 2.36. The number of nitrogens with zero attached hydrogens (tertiary/aromatic N) is 4. The highest BCUT2D eigenvalue weighted by Gasteiger charge is 2.39. The van der Waals surface area contributed by atoms with Crippen molar-refractivity contribution in [3.8, 4) is 5.88 Å². The van der Waals surface area contributed by atoms with Gasteiger partial charge in [0, 0.05) is 12.1 Å². The number of pyridine rings is 1. The molecule has 3 atom stereocenters. The molecule has 2 unspecified atom stereocenters. The second-order valence-corrected chi connectivity index (χ2v) is 10.6. The van der Waals surface area contributed by atoms with Crippen LogP contribution in [0.15, 0.2) is 29.7 Å². The van der Waals surface area contributed by atoms with E-state index >= 15 is 0 Å². The monoisotopic (exact) mass is 425 g/mol. The molecule has 1 N–H and O–H groups in total. The summed E-state index contributed by atoms with van der Waals surface area (Å²) < 4.78 is 30.8. The first-order chi connectivity index (χ1) is 14.4. The van der Waals surface area contributed by atoms with Crippen LogP contribution < -0.4 is 10.1 Å². The molecule has 8 nitrogen and oxygen atoms in total. The Kier molecular flexibility index (Phi) is 4.93. The maximum absolute atomic E-state index is 12.3. The maximum Gasteiger partial charge on any atom is 0.221 e. The van der Waals surface area contributed by atoms with Crippen molar-refractivity contribution in [2.24, 2.45) is 0 Å². The maximum atomic E-state index is 12.3. The largest absolute Gasteiger partial charge is 0.474 e. The summed E-state index contributed by atoms with van der Waals surface area (Å²) in [6, 6.07) is 4.01. The van der Waals surface area contributed by atoms with Crippen LogP contribution in [0, 0.1) is 6.92 Å². The highest BCUT2D eigenvalue weighted by molar-refractivity contribution is 7.92. The number of ether oxygens (including phenoxy) is 1. The second-order valence-electron chi connectivity index (χ2n) is 8.45. The van der Waals surface area contributed by atoms with Crippen molar-refractivity contribution >= 4 is 29.3 Å². The Labute approximate surface area is 177 Å². The molecule has 30 heavy (non-hydrogen) atoms. The number of piperidine rings is 1. The van der Waals surface area contributed by atoms with E-state index in [9.17, 15) is 8.42 Å². The molecule has 5 rings (SSSR count). The fourth-order valence-electron chi connectivity index (χ4n) is 4.40. The van der Waals surface area contributed by atoms with Crippen LogP contribution in [0.5, 0.6) is 5.88 Å². The quantitative estimate of drug-likeness (QED) is 0.705. The van der Waals surface area contributed by atoms with E-state index in [0.29, 0.717) is 29.5 Å². The van der Waals surface area contributed by atoms with Gasteiger partial charge in [-0.05, 0) is 57.6 Å². The normalized spacial score (nSPS) is 26.5. The van der Waals surface area contributed by atoms with E-state index < -0.39 is 9.84 Å². The molecular formula is C20H24BN5O3S. The van der Waals surface area contributed by atoms with Crippen LogP contribution in [0.3, 0.4) is 0 Å². The lowest BCUT2D eigenvalue weighted by molar-refractivity contribution is 0.0922. The second kappa shape index (κ2) is 7.49. The summed E-state index contributed by atoms with van der Waals surface area (Å²) in [5.41, 5.74) is 1.46. The SMILES string of the molecule is [B]N1C2CC[C@H]1CC(Oc1ncnc(Nc3ccc(S(=O)(=O)C4CC4)nc3)c1C)C2. The number of nitrogens with one attached hydrogen (secondary N) is 1. The van der Waals surface area contributed by atoms with Crippen molar-refractivity contribution < 1.29 is 13.2 Å². The van der Waals surface area contributed by atoms with Crippen LogP contribution in [-0.2, 0) is 9.84 Å². The van der Waals surface area contributed by atoms with Gasteiger partial charge in [0.15, 0.2) is 22.8 Å². The van der Waals surface area contributed by atoms with E-state index in [1.165, 1.54) is 12.5 Å². The Balaban J connectivity index is 1.29. The minimum Gasteiger partial charge on any atom is -0.474 e. The molecule has 1 saturated carbocycles. The molecule has 1 aliphatic carbocycles. The smallest absolute Gasteiger partial charge is 0.221 e. The zero-order valence-corrected chi connectivity index (χ0v) is 17.7. The van der Waals surface area contributed by atoms with E-state index in [2.05, 4.69) is 20.3 Å². The predicted octanol–water partition coefficient (Wildman–Crippen LogP) is 2.32. The molecule has 3 aliphatic rings. The lowest BCUT2D eigenvalue weighted by Gasteiger charge is -2.36. The summed E-state index contributed by atoms with van der Waals surface area (Å²) in [4.78, 5) is 14.8. The first-order valence-corrected chi connectivity index (χ1v) is 11.9. The number of anilines is 2. The van der Waals surface area contributed by atoms with Gasteiger partial charge in [-0.3, -0.25) is 0 Å². The highest BCUT2D eigenvalue weighted by atomic mass is 32.2. The molecule has 2 aliphatic heterocycles. The van der Waals surface area contributed by atoms with Crippen LogP contribution >= 0.6 is 0 Å². The number of sulfone groups is 1. The van der Waals surface area contributed by atoms with Gasteiger partial charge in [-0.25, -0.2) is 23.4 Å². The number of aromatic nitrogens is 3. The van der Waals surface area contributed by atoms with Gasteiger partial charge >= 0.3 is 0 Å². The summed E-state index contributed by atoms with van der Waals surface area (Å²) in [6.45, 7) is 1.91. The van der Waals surface area contributed by atoms with Crippen LogP contribution in [0.1, 0.15) is 44.1 Å². The van der Waals surface area contributed by atoms with E-state index in [4.69, 9.17) is 12.7 Å². The Morgan fingerprint density at radius 1 is 1.10 bits per heavy atom. The summed E-state index contributed by atoms with van der Waals surface area (Å²) in [6.07, 6.45) is 8.57. The molecule has 0 amide bonds. The molecule has 2 radical (unpaired) electrons. The third-order valence-electron chi connectivity index (χ3n) is 6.32. The predicted molar refractivity (Wildman–Crippen MR) is 113 cm³/mol. The summed E-state index contributed by atoms with van der Waals surface area (Å²) >= 11 is 0. The van der Waals surface area contributed by atoms with Crippen LogP contribution in [-0.4, -0.2) is 59.6 Å². The molecule has 2 aromatic heterocycles. The summed E-state index contributed by atoms with van der Waals surface area (Å²) in [5, 5.41) is 3.05. The molecule has 2 saturated heterocycles. The summed E-state index contributed by atoms with van der Waals surface area (Å²) in [5.74, 6) is 1.17. The molecule has 2 bridgehead atoms. The lowest BCUT2D eigenvalue weighted by atomic mass is 9.96. The first kappa shape index (κ1) is 19.7. The number of hydrogen-bond donors (Lipinski definition) is 1. The zero-order valence-electron chi connectivity index (χ0n) is 16.9. The van der Waals surface area contributed by atoms with Crippen LogP contribution in [0.25, 0.3) is 0 Å². The molecule has 0 spiro atoms.